The van der Waals surface area contributed by atoms with Crippen LogP contribution in [0.15, 0.2) is 18.2 Å². The highest BCUT2D eigenvalue weighted by Gasteiger charge is 2.15. The Morgan fingerprint density at radius 2 is 2.00 bits per heavy atom. The van der Waals surface area contributed by atoms with E-state index in [1.54, 1.807) is 0 Å². The van der Waals surface area contributed by atoms with Crippen LogP contribution >= 0.6 is 0 Å². The zero-order valence-electron chi connectivity index (χ0n) is 9.16. The van der Waals surface area contributed by atoms with E-state index in [0.29, 0.717) is 5.84 Å². The lowest BCUT2D eigenvalue weighted by molar-refractivity contribution is 0.340. The van der Waals surface area contributed by atoms with Crippen molar-refractivity contribution in [3.8, 4) is 0 Å². The van der Waals surface area contributed by atoms with Gasteiger partial charge < -0.3 is 4.90 Å². The van der Waals surface area contributed by atoms with Crippen molar-refractivity contribution in [3.63, 3.8) is 0 Å². The minimum absolute atomic E-state index is 0.582. The molecule has 0 aromatic carbocycles. The number of nitrogens with one attached hydrogen (secondary N) is 1. The summed E-state index contributed by atoms with van der Waals surface area (Å²) in [7, 11) is 0. The summed E-state index contributed by atoms with van der Waals surface area (Å²) in [6.07, 6.45) is 3.70. The van der Waals surface area contributed by atoms with Gasteiger partial charge in [-0.2, -0.15) is 0 Å². The van der Waals surface area contributed by atoms with Gasteiger partial charge in [0, 0.05) is 18.8 Å². The minimum Gasteiger partial charge on any atom is -0.355 e. The third kappa shape index (κ3) is 2.35. The van der Waals surface area contributed by atoms with Crippen molar-refractivity contribution in [3.05, 3.63) is 29.6 Å². The maximum atomic E-state index is 8.08. The number of amidine groups is 1. The number of piperidine rings is 1. The van der Waals surface area contributed by atoms with Crippen LogP contribution in [-0.2, 0) is 0 Å². The van der Waals surface area contributed by atoms with Gasteiger partial charge in [-0.1, -0.05) is 6.07 Å². The maximum Gasteiger partial charge on any atom is 0.147 e. The molecule has 1 N–H and O–H groups in total. The standard InChI is InChI=1S/C12H17N3/c1-10-6-5-7-11(14-10)12(13)15-8-3-2-4-9-15/h5-7,13H,2-4,8-9H2,1H3. The average molecular weight is 203 g/mol. The molecular formula is C12H17N3. The van der Waals surface area contributed by atoms with Crippen LogP contribution in [-0.4, -0.2) is 28.8 Å². The molecule has 0 bridgehead atoms. The van der Waals surface area contributed by atoms with Crippen LogP contribution in [0.25, 0.3) is 0 Å². The quantitative estimate of drug-likeness (QED) is 0.561. The molecule has 0 unspecified atom stereocenters. The first kappa shape index (κ1) is 10.1. The Hall–Kier alpha value is -1.38. The van der Waals surface area contributed by atoms with Gasteiger partial charge in [-0.25, -0.2) is 4.98 Å². The molecule has 0 spiro atoms. The fraction of sp³-hybridized carbons (Fsp3) is 0.500. The van der Waals surface area contributed by atoms with Crippen molar-refractivity contribution in [2.45, 2.75) is 26.2 Å². The van der Waals surface area contributed by atoms with Crippen molar-refractivity contribution < 1.29 is 0 Å². The third-order valence-electron chi connectivity index (χ3n) is 2.80. The summed E-state index contributed by atoms with van der Waals surface area (Å²) in [6.45, 7) is 3.98. The van der Waals surface area contributed by atoms with Crippen LogP contribution in [0, 0.1) is 12.3 Å². The van der Waals surface area contributed by atoms with Crippen molar-refractivity contribution in [2.75, 3.05) is 13.1 Å². The summed E-state index contributed by atoms with van der Waals surface area (Å²) >= 11 is 0. The Morgan fingerprint density at radius 1 is 1.27 bits per heavy atom. The molecule has 0 aliphatic carbocycles. The number of aromatic nitrogens is 1. The molecule has 2 heterocycles. The monoisotopic (exact) mass is 203 g/mol. The Labute approximate surface area is 90.6 Å². The molecule has 15 heavy (non-hydrogen) atoms. The number of aryl methyl sites for hydroxylation is 1. The summed E-state index contributed by atoms with van der Waals surface area (Å²) in [5, 5.41) is 8.08. The number of likely N-dealkylation sites (tertiary alicyclic amines) is 1. The van der Waals surface area contributed by atoms with Gasteiger partial charge in [-0.3, -0.25) is 5.41 Å². The second kappa shape index (κ2) is 4.43. The topological polar surface area (TPSA) is 40.0 Å². The molecule has 2 rings (SSSR count). The Balaban J connectivity index is 2.12. The van der Waals surface area contributed by atoms with Crippen molar-refractivity contribution in [1.82, 2.24) is 9.88 Å². The predicted molar refractivity (Wildman–Crippen MR) is 61.2 cm³/mol. The lowest BCUT2D eigenvalue weighted by atomic mass is 10.1. The molecule has 1 fully saturated rings. The molecule has 1 aliphatic rings. The smallest absolute Gasteiger partial charge is 0.147 e. The molecule has 0 amide bonds. The van der Waals surface area contributed by atoms with E-state index in [1.807, 2.05) is 25.1 Å². The first-order valence-electron chi connectivity index (χ1n) is 5.55. The molecule has 0 saturated carbocycles. The average Bonchev–Trinajstić information content (AvgIpc) is 2.29. The van der Waals surface area contributed by atoms with E-state index in [9.17, 15) is 0 Å². The zero-order valence-corrected chi connectivity index (χ0v) is 9.16. The molecule has 3 heteroatoms. The first-order valence-corrected chi connectivity index (χ1v) is 5.55. The highest BCUT2D eigenvalue weighted by atomic mass is 15.2. The minimum atomic E-state index is 0.582. The van der Waals surface area contributed by atoms with E-state index in [4.69, 9.17) is 5.41 Å². The predicted octanol–water partition coefficient (Wildman–Crippen LogP) is 2.20. The van der Waals surface area contributed by atoms with Crippen LogP contribution in [0.1, 0.15) is 30.7 Å². The summed E-state index contributed by atoms with van der Waals surface area (Å²) in [6, 6.07) is 5.85. The Morgan fingerprint density at radius 3 is 2.67 bits per heavy atom. The molecule has 1 aromatic rings. The second-order valence-corrected chi connectivity index (χ2v) is 4.06. The second-order valence-electron chi connectivity index (χ2n) is 4.06. The number of nitrogens with zero attached hydrogens (tertiary/aromatic N) is 2. The number of hydrogen-bond donors (Lipinski definition) is 1. The lowest BCUT2D eigenvalue weighted by Gasteiger charge is -2.28. The van der Waals surface area contributed by atoms with Crippen LogP contribution in [0.3, 0.4) is 0 Å². The maximum absolute atomic E-state index is 8.08. The van der Waals surface area contributed by atoms with Crippen LogP contribution in [0.5, 0.6) is 0 Å². The van der Waals surface area contributed by atoms with Gasteiger partial charge in [0.2, 0.25) is 0 Å². The summed E-state index contributed by atoms with van der Waals surface area (Å²) in [4.78, 5) is 6.51. The van der Waals surface area contributed by atoms with Gasteiger partial charge in [-0.05, 0) is 38.3 Å². The van der Waals surface area contributed by atoms with Gasteiger partial charge in [0.15, 0.2) is 0 Å². The van der Waals surface area contributed by atoms with E-state index < -0.39 is 0 Å². The first-order chi connectivity index (χ1) is 7.27. The fourth-order valence-corrected chi connectivity index (χ4v) is 1.95. The number of hydrogen-bond acceptors (Lipinski definition) is 2. The van der Waals surface area contributed by atoms with Crippen LogP contribution in [0.4, 0.5) is 0 Å². The van der Waals surface area contributed by atoms with E-state index in [1.165, 1.54) is 19.3 Å². The molecule has 0 atom stereocenters. The van der Waals surface area contributed by atoms with Gasteiger partial charge in [0.1, 0.15) is 11.5 Å². The highest BCUT2D eigenvalue weighted by molar-refractivity contribution is 5.94. The number of pyridine rings is 1. The van der Waals surface area contributed by atoms with Gasteiger partial charge in [0.25, 0.3) is 0 Å². The molecular weight excluding hydrogens is 186 g/mol. The van der Waals surface area contributed by atoms with Gasteiger partial charge >= 0.3 is 0 Å². The van der Waals surface area contributed by atoms with Crippen molar-refractivity contribution in [2.24, 2.45) is 0 Å². The molecule has 3 nitrogen and oxygen atoms in total. The molecule has 1 aromatic heterocycles. The fourth-order valence-electron chi connectivity index (χ4n) is 1.95. The lowest BCUT2D eigenvalue weighted by Crippen LogP contribution is -2.36. The van der Waals surface area contributed by atoms with Crippen LogP contribution < -0.4 is 0 Å². The van der Waals surface area contributed by atoms with Crippen LogP contribution in [0.2, 0.25) is 0 Å². The summed E-state index contributed by atoms with van der Waals surface area (Å²) in [5.41, 5.74) is 1.78. The van der Waals surface area contributed by atoms with E-state index in [-0.39, 0.29) is 0 Å². The van der Waals surface area contributed by atoms with Gasteiger partial charge in [0.05, 0.1) is 0 Å². The van der Waals surface area contributed by atoms with Gasteiger partial charge in [-0.15, -0.1) is 0 Å². The van der Waals surface area contributed by atoms with E-state index in [2.05, 4.69) is 9.88 Å². The third-order valence-corrected chi connectivity index (χ3v) is 2.80. The molecule has 80 valence electrons. The summed E-state index contributed by atoms with van der Waals surface area (Å²) in [5.74, 6) is 0.582. The normalized spacial score (nSPS) is 16.5. The summed E-state index contributed by atoms with van der Waals surface area (Å²) < 4.78 is 0. The van der Waals surface area contributed by atoms with E-state index in [0.717, 1.165) is 24.5 Å². The SMILES string of the molecule is Cc1cccc(C(=N)N2CCCCC2)n1. The largest absolute Gasteiger partial charge is 0.355 e. The molecule has 0 radical (unpaired) electrons. The van der Waals surface area contributed by atoms with Crippen molar-refractivity contribution >= 4 is 5.84 Å². The Kier molecular flexibility index (Phi) is 2.99. The molecule has 1 aliphatic heterocycles. The molecule has 1 saturated heterocycles. The Bertz CT molecular complexity index is 354. The van der Waals surface area contributed by atoms with Crippen molar-refractivity contribution in [1.29, 1.82) is 5.41 Å². The number of rotatable bonds is 1. The highest BCUT2D eigenvalue weighted by Crippen LogP contribution is 2.12. The zero-order chi connectivity index (χ0) is 10.7. The van der Waals surface area contributed by atoms with E-state index >= 15 is 0 Å².